The van der Waals surface area contributed by atoms with Crippen LogP contribution in [0.5, 0.6) is 0 Å². The zero-order valence-electron chi connectivity index (χ0n) is 11.7. The van der Waals surface area contributed by atoms with Gasteiger partial charge in [-0.25, -0.2) is 12.7 Å². The highest BCUT2D eigenvalue weighted by atomic mass is 32.2. The second-order valence-corrected chi connectivity index (χ2v) is 6.45. The van der Waals surface area contributed by atoms with Gasteiger partial charge in [0.2, 0.25) is 15.7 Å². The summed E-state index contributed by atoms with van der Waals surface area (Å²) in [4.78, 5) is 22.1. The summed E-state index contributed by atoms with van der Waals surface area (Å²) in [6, 6.07) is 5.50. The van der Waals surface area contributed by atoms with Crippen molar-refractivity contribution in [3.8, 4) is 0 Å². The van der Waals surface area contributed by atoms with Gasteiger partial charge in [-0.15, -0.1) is 4.91 Å². The van der Waals surface area contributed by atoms with Gasteiger partial charge in [0.05, 0.1) is 4.90 Å². The minimum Gasteiger partial charge on any atom is -0.510 e. The van der Waals surface area contributed by atoms with Crippen LogP contribution in [0.15, 0.2) is 45.8 Å². The van der Waals surface area contributed by atoms with Crippen molar-refractivity contribution in [1.29, 1.82) is 0 Å². The molecule has 1 aromatic carbocycles. The van der Waals surface area contributed by atoms with Gasteiger partial charge < -0.3 is 10.4 Å². The summed E-state index contributed by atoms with van der Waals surface area (Å²) in [5, 5.41) is 13.9. The Labute approximate surface area is 122 Å². The number of carbonyl (C=O) groups is 1. The van der Waals surface area contributed by atoms with E-state index >= 15 is 0 Å². The number of allylic oxidation sites excluding steroid dienone is 1. The first-order valence-corrected chi connectivity index (χ1v) is 7.21. The summed E-state index contributed by atoms with van der Waals surface area (Å²) in [6.07, 6.45) is 0. The Kier molecular flexibility index (Phi) is 5.17. The lowest BCUT2D eigenvalue weighted by atomic mass is 10.3. The standard InChI is InChI=1S/C12H15N3O5S/c1-8(16)11(14-18)12(17)13-9-5-4-6-10(7-9)21(19,20)15(2)3/h4-7,16H,1-3H3,(H,13,17)/b11-8+. The van der Waals surface area contributed by atoms with Gasteiger partial charge in [-0.3, -0.25) is 4.79 Å². The van der Waals surface area contributed by atoms with E-state index in [1.54, 1.807) is 0 Å². The number of nitrogens with one attached hydrogen (secondary N) is 1. The molecule has 1 amide bonds. The summed E-state index contributed by atoms with van der Waals surface area (Å²) < 4.78 is 25.0. The molecular formula is C12H15N3O5S. The molecular weight excluding hydrogens is 298 g/mol. The first kappa shape index (κ1) is 16.8. The number of sulfonamides is 1. The molecule has 0 atom stereocenters. The van der Waals surface area contributed by atoms with Crippen molar-refractivity contribution in [3.05, 3.63) is 40.6 Å². The smallest absolute Gasteiger partial charge is 0.281 e. The maximum Gasteiger partial charge on any atom is 0.281 e. The summed E-state index contributed by atoms with van der Waals surface area (Å²) in [7, 11) is -0.878. The van der Waals surface area contributed by atoms with E-state index < -0.39 is 27.4 Å². The fourth-order valence-electron chi connectivity index (χ4n) is 1.41. The lowest BCUT2D eigenvalue weighted by Gasteiger charge is -2.12. The molecule has 0 bridgehead atoms. The van der Waals surface area contributed by atoms with Crippen molar-refractivity contribution in [2.75, 3.05) is 19.4 Å². The number of amides is 1. The lowest BCUT2D eigenvalue weighted by molar-refractivity contribution is -0.113. The summed E-state index contributed by atoms with van der Waals surface area (Å²) >= 11 is 0. The van der Waals surface area contributed by atoms with E-state index in [2.05, 4.69) is 10.5 Å². The molecule has 0 heterocycles. The van der Waals surface area contributed by atoms with Crippen LogP contribution >= 0.6 is 0 Å². The largest absolute Gasteiger partial charge is 0.510 e. The molecule has 0 saturated carbocycles. The molecule has 114 valence electrons. The Morgan fingerprint density at radius 1 is 1.33 bits per heavy atom. The van der Waals surface area contributed by atoms with Crippen LogP contribution in [0.4, 0.5) is 5.69 Å². The van der Waals surface area contributed by atoms with E-state index in [-0.39, 0.29) is 10.6 Å². The van der Waals surface area contributed by atoms with Crippen LogP contribution in [-0.4, -0.2) is 37.8 Å². The normalized spacial score (nSPS) is 12.8. The maximum absolute atomic E-state index is 12.0. The monoisotopic (exact) mass is 313 g/mol. The highest BCUT2D eigenvalue weighted by molar-refractivity contribution is 7.89. The molecule has 0 aliphatic heterocycles. The fourth-order valence-corrected chi connectivity index (χ4v) is 2.36. The van der Waals surface area contributed by atoms with Gasteiger partial charge in [0.1, 0.15) is 5.76 Å². The molecule has 0 spiro atoms. The fraction of sp³-hybridized carbons (Fsp3) is 0.250. The molecule has 0 aromatic heterocycles. The van der Waals surface area contributed by atoms with Gasteiger partial charge in [0.15, 0.2) is 0 Å². The van der Waals surface area contributed by atoms with Crippen LogP contribution in [0.3, 0.4) is 0 Å². The average Bonchev–Trinajstić information content (AvgIpc) is 2.39. The number of hydrogen-bond donors (Lipinski definition) is 2. The van der Waals surface area contributed by atoms with E-state index in [9.17, 15) is 18.1 Å². The van der Waals surface area contributed by atoms with Gasteiger partial charge in [-0.2, -0.15) is 0 Å². The highest BCUT2D eigenvalue weighted by Crippen LogP contribution is 2.18. The van der Waals surface area contributed by atoms with Crippen molar-refractivity contribution in [1.82, 2.24) is 4.31 Å². The van der Waals surface area contributed by atoms with Crippen molar-refractivity contribution >= 4 is 21.6 Å². The predicted octanol–water partition coefficient (Wildman–Crippen LogP) is 1.43. The molecule has 1 rings (SSSR count). The zero-order chi connectivity index (χ0) is 16.2. The quantitative estimate of drug-likeness (QED) is 0.484. The number of hydrogen-bond acceptors (Lipinski definition) is 6. The molecule has 9 heteroatoms. The average molecular weight is 313 g/mol. The van der Waals surface area contributed by atoms with E-state index in [0.29, 0.717) is 0 Å². The molecule has 0 unspecified atom stereocenters. The van der Waals surface area contributed by atoms with Crippen LogP contribution in [0.1, 0.15) is 6.92 Å². The van der Waals surface area contributed by atoms with Crippen molar-refractivity contribution in [2.24, 2.45) is 5.18 Å². The highest BCUT2D eigenvalue weighted by Gasteiger charge is 2.19. The molecule has 0 aliphatic carbocycles. The molecule has 0 aliphatic rings. The summed E-state index contributed by atoms with van der Waals surface area (Å²) in [5.41, 5.74) is -0.513. The number of aliphatic hydroxyl groups is 1. The Balaban J connectivity index is 3.11. The third-order valence-corrected chi connectivity index (χ3v) is 4.33. The molecule has 8 nitrogen and oxygen atoms in total. The van der Waals surface area contributed by atoms with Gasteiger partial charge in [0.25, 0.3) is 5.91 Å². The summed E-state index contributed by atoms with van der Waals surface area (Å²) in [5.74, 6) is -1.45. The number of carbonyl (C=O) groups excluding carboxylic acids is 1. The van der Waals surface area contributed by atoms with Gasteiger partial charge in [0, 0.05) is 19.8 Å². The van der Waals surface area contributed by atoms with Crippen LogP contribution in [-0.2, 0) is 14.8 Å². The first-order valence-electron chi connectivity index (χ1n) is 5.77. The number of aliphatic hydroxyl groups excluding tert-OH is 1. The third kappa shape index (κ3) is 3.86. The molecule has 2 N–H and O–H groups in total. The van der Waals surface area contributed by atoms with Crippen LogP contribution in [0.25, 0.3) is 0 Å². The SMILES string of the molecule is C/C(O)=C(\N=O)C(=O)Nc1cccc(S(=O)(=O)N(C)C)c1. The molecule has 0 fully saturated rings. The Bertz CT molecular complexity index is 691. The van der Waals surface area contributed by atoms with E-state index in [0.717, 1.165) is 11.2 Å². The van der Waals surface area contributed by atoms with Gasteiger partial charge >= 0.3 is 0 Å². The topological polar surface area (TPSA) is 116 Å². The Morgan fingerprint density at radius 2 is 1.95 bits per heavy atom. The van der Waals surface area contributed by atoms with Gasteiger partial charge in [-0.05, 0) is 30.3 Å². The Hall–Kier alpha value is -2.26. The number of anilines is 1. The van der Waals surface area contributed by atoms with E-state index in [1.165, 1.54) is 38.4 Å². The van der Waals surface area contributed by atoms with Crippen LogP contribution in [0.2, 0.25) is 0 Å². The molecule has 0 saturated heterocycles. The number of nitrogens with zero attached hydrogens (tertiary/aromatic N) is 2. The Morgan fingerprint density at radius 3 is 2.43 bits per heavy atom. The third-order valence-electron chi connectivity index (χ3n) is 2.52. The van der Waals surface area contributed by atoms with Crippen molar-refractivity contribution < 1.29 is 18.3 Å². The van der Waals surface area contributed by atoms with Crippen LogP contribution < -0.4 is 5.32 Å². The molecule has 0 radical (unpaired) electrons. The predicted molar refractivity (Wildman–Crippen MR) is 77.1 cm³/mol. The zero-order valence-corrected chi connectivity index (χ0v) is 12.5. The second kappa shape index (κ2) is 6.46. The second-order valence-electron chi connectivity index (χ2n) is 4.29. The van der Waals surface area contributed by atoms with Crippen molar-refractivity contribution in [2.45, 2.75) is 11.8 Å². The van der Waals surface area contributed by atoms with Gasteiger partial charge in [-0.1, -0.05) is 6.07 Å². The lowest BCUT2D eigenvalue weighted by Crippen LogP contribution is -2.22. The van der Waals surface area contributed by atoms with E-state index in [4.69, 9.17) is 5.11 Å². The summed E-state index contributed by atoms with van der Waals surface area (Å²) in [6.45, 7) is 1.14. The number of benzene rings is 1. The van der Waals surface area contributed by atoms with Crippen molar-refractivity contribution in [3.63, 3.8) is 0 Å². The molecule has 21 heavy (non-hydrogen) atoms. The van der Waals surface area contributed by atoms with E-state index in [1.807, 2.05) is 0 Å². The first-order chi connectivity index (χ1) is 9.70. The molecule has 1 aromatic rings. The minimum absolute atomic E-state index is 0.0180. The number of nitroso groups, excluding NO2 is 1. The number of rotatable bonds is 5. The van der Waals surface area contributed by atoms with Crippen LogP contribution in [0, 0.1) is 4.91 Å². The maximum atomic E-state index is 12.0. The minimum atomic E-state index is -3.64.